The van der Waals surface area contributed by atoms with E-state index in [-0.39, 0.29) is 30.3 Å². The summed E-state index contributed by atoms with van der Waals surface area (Å²) in [5.74, 6) is -0.212. The average Bonchev–Trinajstić information content (AvgIpc) is 3.57. The Morgan fingerprint density at radius 1 is 1.29 bits per heavy atom. The molecule has 0 radical (unpaired) electrons. The van der Waals surface area contributed by atoms with Crippen LogP contribution < -0.4 is 20.1 Å². The van der Waals surface area contributed by atoms with E-state index in [4.69, 9.17) is 33.7 Å². The van der Waals surface area contributed by atoms with Gasteiger partial charge >= 0.3 is 13.7 Å². The normalized spacial score (nSPS) is 25.8. The summed E-state index contributed by atoms with van der Waals surface area (Å²) >= 11 is 0. The number of fused-ring (bicyclic) bond motifs is 3. The van der Waals surface area contributed by atoms with Gasteiger partial charge in [-0.05, 0) is 39.8 Å². The fourth-order valence-electron chi connectivity index (χ4n) is 4.60. The summed E-state index contributed by atoms with van der Waals surface area (Å²) in [6.45, 7) is 6.57. The quantitative estimate of drug-likeness (QED) is 0.204. The lowest BCUT2D eigenvalue weighted by atomic mass is 10.0. The van der Waals surface area contributed by atoms with E-state index in [9.17, 15) is 14.5 Å². The van der Waals surface area contributed by atoms with E-state index >= 15 is 0 Å². The van der Waals surface area contributed by atoms with E-state index < -0.39 is 50.4 Å². The molecular formula is C25H33N6O9P. The molecule has 2 bridgehead atoms. The van der Waals surface area contributed by atoms with Gasteiger partial charge in [-0.25, -0.2) is 9.55 Å². The van der Waals surface area contributed by atoms with Gasteiger partial charge in [0.05, 0.1) is 32.3 Å². The van der Waals surface area contributed by atoms with Crippen molar-refractivity contribution in [1.29, 1.82) is 0 Å². The number of anilines is 1. The van der Waals surface area contributed by atoms with Crippen LogP contribution in [-0.4, -0.2) is 80.4 Å². The molecule has 3 aromatic rings. The molecule has 5 rings (SSSR count). The Kier molecular flexibility index (Phi) is 8.19. The van der Waals surface area contributed by atoms with E-state index in [0.717, 1.165) is 0 Å². The minimum atomic E-state index is -4.22. The number of aromatic nitrogens is 4. The third kappa shape index (κ3) is 5.87. The Bertz CT molecular complexity index is 1440. The van der Waals surface area contributed by atoms with Crippen LogP contribution in [0.5, 0.6) is 11.6 Å². The number of rotatable bonds is 12. The monoisotopic (exact) mass is 592 g/mol. The molecule has 41 heavy (non-hydrogen) atoms. The fraction of sp³-hybridized carbons (Fsp3) is 0.520. The Labute approximate surface area is 235 Å². The molecule has 0 spiro atoms. The van der Waals surface area contributed by atoms with Gasteiger partial charge in [-0.3, -0.25) is 13.9 Å². The van der Waals surface area contributed by atoms with Crippen LogP contribution in [0.15, 0.2) is 36.7 Å². The predicted molar refractivity (Wildman–Crippen MR) is 144 cm³/mol. The molecule has 16 heteroatoms. The summed E-state index contributed by atoms with van der Waals surface area (Å²) in [6.07, 6.45) is -1.80. The molecular weight excluding hydrogens is 559 g/mol. The van der Waals surface area contributed by atoms with E-state index in [1.165, 1.54) is 13.3 Å². The second kappa shape index (κ2) is 11.5. The lowest BCUT2D eigenvalue weighted by Crippen LogP contribution is -2.46. The van der Waals surface area contributed by atoms with Crippen molar-refractivity contribution in [3.8, 4) is 11.6 Å². The average molecular weight is 593 g/mol. The van der Waals surface area contributed by atoms with Gasteiger partial charge in [0.15, 0.2) is 17.4 Å². The molecule has 1 aromatic carbocycles. The van der Waals surface area contributed by atoms with Crippen molar-refractivity contribution in [3.63, 3.8) is 0 Å². The third-order valence-electron chi connectivity index (χ3n) is 6.47. The number of imidazole rings is 1. The van der Waals surface area contributed by atoms with E-state index in [2.05, 4.69) is 20.0 Å². The summed E-state index contributed by atoms with van der Waals surface area (Å²) < 4.78 is 49.9. The van der Waals surface area contributed by atoms with Gasteiger partial charge in [-0.15, -0.1) is 0 Å². The zero-order chi connectivity index (χ0) is 29.4. The summed E-state index contributed by atoms with van der Waals surface area (Å²) in [7, 11) is -4.22. The van der Waals surface area contributed by atoms with Crippen molar-refractivity contribution in [2.45, 2.75) is 63.9 Å². The first-order valence-electron chi connectivity index (χ1n) is 13.1. The van der Waals surface area contributed by atoms with Gasteiger partial charge in [-0.1, -0.05) is 18.2 Å². The first-order chi connectivity index (χ1) is 19.5. The van der Waals surface area contributed by atoms with Crippen molar-refractivity contribution in [3.05, 3.63) is 36.7 Å². The summed E-state index contributed by atoms with van der Waals surface area (Å²) in [5.41, 5.74) is 5.15. The molecule has 0 saturated carbocycles. The molecule has 4 N–H and O–H groups in total. The molecule has 2 aliphatic rings. The lowest BCUT2D eigenvalue weighted by Gasteiger charge is -2.32. The van der Waals surface area contributed by atoms with Crippen molar-refractivity contribution in [2.24, 2.45) is 0 Å². The number of carbonyl (C=O) groups excluding carboxylic acids is 1. The van der Waals surface area contributed by atoms with E-state index in [1.807, 2.05) is 0 Å². The number of hydrogen-bond acceptors (Lipinski definition) is 13. The molecule has 6 atom stereocenters. The second-order valence-corrected chi connectivity index (χ2v) is 11.6. The molecule has 4 heterocycles. The van der Waals surface area contributed by atoms with Crippen molar-refractivity contribution in [2.75, 3.05) is 25.6 Å². The van der Waals surface area contributed by atoms with Crippen LogP contribution in [0.25, 0.3) is 11.2 Å². The van der Waals surface area contributed by atoms with Gasteiger partial charge in [0.1, 0.15) is 29.6 Å². The van der Waals surface area contributed by atoms with Gasteiger partial charge in [0, 0.05) is 0 Å². The van der Waals surface area contributed by atoms with Crippen LogP contribution in [0.4, 0.5) is 5.95 Å². The van der Waals surface area contributed by atoms with Crippen LogP contribution in [0.3, 0.4) is 0 Å². The second-order valence-electron chi connectivity index (χ2n) is 9.95. The number of nitrogens with one attached hydrogen (secondary N) is 1. The summed E-state index contributed by atoms with van der Waals surface area (Å²) in [5, 5.41) is 13.8. The highest BCUT2D eigenvalue weighted by Gasteiger charge is 2.63. The molecule has 2 saturated heterocycles. The molecule has 0 amide bonds. The maximum Gasteiger partial charge on any atom is 0.459 e. The number of aliphatic hydroxyl groups excluding tert-OH is 1. The molecule has 222 valence electrons. The van der Waals surface area contributed by atoms with Crippen LogP contribution in [0, 0.1) is 0 Å². The van der Waals surface area contributed by atoms with Crippen molar-refractivity contribution >= 4 is 30.8 Å². The SMILES string of the molecule is CCOc1nc(N)nc2c1ncn2C1O[C@@]2(CO[P@](=O)(N[C@H](C)C(=O)OC(C)C)Oc3ccccc3)CO[C@@H]1[C@@H]2O. The Morgan fingerprint density at radius 3 is 2.76 bits per heavy atom. The van der Waals surface area contributed by atoms with E-state index in [1.54, 1.807) is 55.7 Å². The fourth-order valence-corrected chi connectivity index (χ4v) is 6.15. The number of carbonyl (C=O) groups is 1. The predicted octanol–water partition coefficient (Wildman–Crippen LogP) is 1.97. The minimum absolute atomic E-state index is 0.0273. The van der Waals surface area contributed by atoms with Gasteiger partial charge in [-0.2, -0.15) is 15.1 Å². The van der Waals surface area contributed by atoms with Gasteiger partial charge in [0.2, 0.25) is 11.8 Å². The standard InChI is InChI=1S/C25H33N6O9P/c1-5-35-21-17-20(28-24(26)29-21)31(13-27-17)22-18-19(32)25(39-22,11-36-18)12-37-41(34,40-16-9-7-6-8-10-16)30-15(4)23(33)38-14(2)3/h6-10,13-15,18-19,22,32H,5,11-12H2,1-4H3,(H,30,34)(H2,26,28,29)/t15-,18-,19+,22?,25-,41-/m1/s1. The Balaban J connectivity index is 1.38. The molecule has 1 unspecified atom stereocenters. The van der Waals surface area contributed by atoms with Crippen molar-refractivity contribution < 1.29 is 42.5 Å². The third-order valence-corrected chi connectivity index (χ3v) is 8.10. The first kappa shape index (κ1) is 29.2. The molecule has 2 fully saturated rings. The molecule has 2 aromatic heterocycles. The largest absolute Gasteiger partial charge is 0.476 e. The maximum absolute atomic E-state index is 13.9. The topological polar surface area (TPSA) is 191 Å². The van der Waals surface area contributed by atoms with Crippen LogP contribution in [0.1, 0.15) is 33.9 Å². The Hall–Kier alpha value is -3.33. The zero-order valence-electron chi connectivity index (χ0n) is 23.0. The number of para-hydroxylation sites is 1. The molecule has 15 nitrogen and oxygen atoms in total. The number of hydrogen-bond donors (Lipinski definition) is 3. The minimum Gasteiger partial charge on any atom is -0.476 e. The van der Waals surface area contributed by atoms with Crippen molar-refractivity contribution in [1.82, 2.24) is 24.6 Å². The number of esters is 1. The van der Waals surface area contributed by atoms with Crippen LogP contribution in [0.2, 0.25) is 0 Å². The molecule has 0 aliphatic carbocycles. The lowest BCUT2D eigenvalue weighted by molar-refractivity contribution is -0.183. The summed E-state index contributed by atoms with van der Waals surface area (Å²) in [4.78, 5) is 25.2. The van der Waals surface area contributed by atoms with Crippen LogP contribution in [-0.2, 0) is 28.1 Å². The first-order valence-corrected chi connectivity index (χ1v) is 14.7. The number of nitrogens with zero attached hydrogens (tertiary/aromatic N) is 4. The van der Waals surface area contributed by atoms with Crippen LogP contribution >= 0.6 is 7.75 Å². The highest BCUT2D eigenvalue weighted by molar-refractivity contribution is 7.52. The number of ether oxygens (including phenoxy) is 4. The summed E-state index contributed by atoms with van der Waals surface area (Å²) in [6, 6.07) is 7.30. The number of aliphatic hydroxyl groups is 1. The number of nitrogen functional groups attached to an aromatic ring is 1. The van der Waals surface area contributed by atoms with Gasteiger partial charge < -0.3 is 34.3 Å². The molecule has 2 aliphatic heterocycles. The Morgan fingerprint density at radius 2 is 2.05 bits per heavy atom. The highest BCUT2D eigenvalue weighted by Crippen LogP contribution is 2.51. The maximum atomic E-state index is 13.9. The zero-order valence-corrected chi connectivity index (χ0v) is 23.9. The van der Waals surface area contributed by atoms with E-state index in [0.29, 0.717) is 17.8 Å². The highest BCUT2D eigenvalue weighted by atomic mass is 31.2. The number of nitrogens with two attached hydrogens (primary N) is 1. The smallest absolute Gasteiger partial charge is 0.459 e. The number of benzene rings is 1. The van der Waals surface area contributed by atoms with Gasteiger partial charge in [0.25, 0.3) is 0 Å².